The number of anilines is 1. The maximum absolute atomic E-state index is 5.82. The zero-order valence-corrected chi connectivity index (χ0v) is 15.5. The van der Waals surface area contributed by atoms with Gasteiger partial charge in [0.05, 0.1) is 12.7 Å². The molecule has 0 saturated carbocycles. The minimum Gasteiger partial charge on any atom is -0.491 e. The number of benzene rings is 2. The van der Waals surface area contributed by atoms with Crippen molar-refractivity contribution in [3.05, 3.63) is 54.1 Å². The van der Waals surface area contributed by atoms with Crippen LogP contribution in [0.15, 0.2) is 48.5 Å². The quantitative estimate of drug-likeness (QED) is 0.590. The van der Waals surface area contributed by atoms with Crippen LogP contribution in [0.3, 0.4) is 0 Å². The number of para-hydroxylation sites is 1. The summed E-state index contributed by atoms with van der Waals surface area (Å²) in [6.45, 7) is 8.77. The molecule has 0 fully saturated rings. The van der Waals surface area contributed by atoms with Crippen LogP contribution in [0.4, 0.5) is 5.69 Å². The van der Waals surface area contributed by atoms with Crippen molar-refractivity contribution >= 4 is 5.69 Å². The summed E-state index contributed by atoms with van der Waals surface area (Å²) in [4.78, 5) is 0. The normalized spacial score (nSPS) is 11.8. The molecule has 25 heavy (non-hydrogen) atoms. The summed E-state index contributed by atoms with van der Waals surface area (Å²) < 4.78 is 16.9. The summed E-state index contributed by atoms with van der Waals surface area (Å²) in [7, 11) is 0. The van der Waals surface area contributed by atoms with E-state index in [0.717, 1.165) is 29.2 Å². The molecular formula is C21H29NO3. The fraction of sp³-hybridized carbons (Fsp3) is 0.429. The molecule has 0 aliphatic carbocycles. The third-order valence-corrected chi connectivity index (χ3v) is 3.91. The van der Waals surface area contributed by atoms with Gasteiger partial charge in [-0.3, -0.25) is 0 Å². The van der Waals surface area contributed by atoms with Crippen LogP contribution in [-0.2, 0) is 11.3 Å². The molecule has 2 aromatic rings. The van der Waals surface area contributed by atoms with Crippen LogP contribution in [0.1, 0.15) is 32.8 Å². The first-order valence-electron chi connectivity index (χ1n) is 9.02. The van der Waals surface area contributed by atoms with E-state index in [-0.39, 0.29) is 6.10 Å². The molecular weight excluding hydrogens is 314 g/mol. The molecule has 0 aliphatic heterocycles. The first-order chi connectivity index (χ1) is 12.2. The fourth-order valence-electron chi connectivity index (χ4n) is 2.31. The molecule has 0 spiro atoms. The molecule has 136 valence electrons. The molecule has 0 unspecified atom stereocenters. The number of rotatable bonds is 11. The van der Waals surface area contributed by atoms with Crippen molar-refractivity contribution in [2.75, 3.05) is 25.1 Å². The van der Waals surface area contributed by atoms with E-state index in [2.05, 4.69) is 25.2 Å². The maximum Gasteiger partial charge on any atom is 0.124 e. The van der Waals surface area contributed by atoms with Crippen LogP contribution in [-0.4, -0.2) is 25.9 Å². The molecule has 0 heterocycles. The topological polar surface area (TPSA) is 39.7 Å². The van der Waals surface area contributed by atoms with E-state index < -0.39 is 0 Å². The van der Waals surface area contributed by atoms with Crippen molar-refractivity contribution in [2.24, 2.45) is 0 Å². The summed E-state index contributed by atoms with van der Waals surface area (Å²) in [5.74, 6) is 1.80. The van der Waals surface area contributed by atoms with Crippen LogP contribution < -0.4 is 14.8 Å². The lowest BCUT2D eigenvalue weighted by Gasteiger charge is -2.14. The molecule has 0 amide bonds. The van der Waals surface area contributed by atoms with Gasteiger partial charge >= 0.3 is 0 Å². The Hall–Kier alpha value is -2.20. The van der Waals surface area contributed by atoms with Crippen molar-refractivity contribution in [1.82, 2.24) is 0 Å². The summed E-state index contributed by atoms with van der Waals surface area (Å²) in [5.41, 5.74) is 2.18. The molecule has 0 bridgehead atoms. The Kier molecular flexibility index (Phi) is 8.13. The highest BCUT2D eigenvalue weighted by atomic mass is 16.5. The highest BCUT2D eigenvalue weighted by Gasteiger charge is 2.04. The smallest absolute Gasteiger partial charge is 0.124 e. The Labute approximate surface area is 151 Å². The van der Waals surface area contributed by atoms with Gasteiger partial charge in [-0.25, -0.2) is 0 Å². The van der Waals surface area contributed by atoms with E-state index in [1.54, 1.807) is 0 Å². The first-order valence-corrected chi connectivity index (χ1v) is 9.02. The SMILES string of the molecule is CCOCCOc1ccccc1CNc1ccc(O[C@@H](C)CC)cc1. The van der Waals surface area contributed by atoms with Crippen LogP contribution >= 0.6 is 0 Å². The number of ether oxygens (including phenoxy) is 3. The van der Waals surface area contributed by atoms with Gasteiger partial charge in [-0.05, 0) is 50.6 Å². The monoisotopic (exact) mass is 343 g/mol. The van der Waals surface area contributed by atoms with Gasteiger partial charge in [0.15, 0.2) is 0 Å². The van der Waals surface area contributed by atoms with Gasteiger partial charge in [-0.1, -0.05) is 25.1 Å². The molecule has 4 nitrogen and oxygen atoms in total. The maximum atomic E-state index is 5.82. The summed E-state index contributed by atoms with van der Waals surface area (Å²) >= 11 is 0. The second kappa shape index (κ2) is 10.6. The van der Waals surface area contributed by atoms with Crippen molar-refractivity contribution < 1.29 is 14.2 Å². The molecule has 1 atom stereocenters. The van der Waals surface area contributed by atoms with E-state index >= 15 is 0 Å². The highest BCUT2D eigenvalue weighted by Crippen LogP contribution is 2.21. The zero-order chi connectivity index (χ0) is 17.9. The van der Waals surface area contributed by atoms with Crippen LogP contribution in [0.2, 0.25) is 0 Å². The second-order valence-electron chi connectivity index (χ2n) is 5.87. The van der Waals surface area contributed by atoms with Crippen molar-refractivity contribution in [3.8, 4) is 11.5 Å². The number of hydrogen-bond acceptors (Lipinski definition) is 4. The Morgan fingerprint density at radius 1 is 0.960 bits per heavy atom. The van der Waals surface area contributed by atoms with E-state index in [1.807, 2.05) is 49.4 Å². The predicted molar refractivity (Wildman–Crippen MR) is 103 cm³/mol. The minimum absolute atomic E-state index is 0.236. The predicted octanol–water partition coefficient (Wildman–Crippen LogP) is 4.89. The van der Waals surface area contributed by atoms with Gasteiger partial charge in [0.25, 0.3) is 0 Å². The molecule has 4 heteroatoms. The average Bonchev–Trinajstić information content (AvgIpc) is 2.65. The molecule has 2 aromatic carbocycles. The molecule has 2 rings (SSSR count). The largest absolute Gasteiger partial charge is 0.491 e. The second-order valence-corrected chi connectivity index (χ2v) is 5.87. The van der Waals surface area contributed by atoms with Gasteiger partial charge in [-0.2, -0.15) is 0 Å². The third kappa shape index (κ3) is 6.67. The molecule has 0 aromatic heterocycles. The van der Waals surface area contributed by atoms with Crippen LogP contribution in [0.5, 0.6) is 11.5 Å². The third-order valence-electron chi connectivity index (χ3n) is 3.91. The van der Waals surface area contributed by atoms with Crippen LogP contribution in [0.25, 0.3) is 0 Å². The van der Waals surface area contributed by atoms with Gasteiger partial charge in [0, 0.05) is 24.4 Å². The molecule has 1 N–H and O–H groups in total. The van der Waals surface area contributed by atoms with E-state index in [4.69, 9.17) is 14.2 Å². The first kappa shape index (κ1) is 19.1. The minimum atomic E-state index is 0.236. The van der Waals surface area contributed by atoms with E-state index in [0.29, 0.717) is 26.4 Å². The number of hydrogen-bond donors (Lipinski definition) is 1. The average molecular weight is 343 g/mol. The summed E-state index contributed by atoms with van der Waals surface area (Å²) in [6.07, 6.45) is 1.24. The Balaban J connectivity index is 1.88. The lowest BCUT2D eigenvalue weighted by molar-refractivity contribution is 0.110. The Morgan fingerprint density at radius 3 is 2.44 bits per heavy atom. The highest BCUT2D eigenvalue weighted by molar-refractivity contribution is 5.48. The zero-order valence-electron chi connectivity index (χ0n) is 15.5. The molecule has 0 saturated heterocycles. The van der Waals surface area contributed by atoms with E-state index in [9.17, 15) is 0 Å². The lowest BCUT2D eigenvalue weighted by Crippen LogP contribution is -2.10. The van der Waals surface area contributed by atoms with Crippen LogP contribution in [0, 0.1) is 0 Å². The van der Waals surface area contributed by atoms with Gasteiger partial charge in [0.2, 0.25) is 0 Å². The summed E-state index contributed by atoms with van der Waals surface area (Å²) in [6, 6.07) is 16.1. The van der Waals surface area contributed by atoms with Crippen molar-refractivity contribution in [1.29, 1.82) is 0 Å². The number of nitrogens with one attached hydrogen (secondary N) is 1. The van der Waals surface area contributed by atoms with Crippen molar-refractivity contribution in [2.45, 2.75) is 39.8 Å². The van der Waals surface area contributed by atoms with Crippen molar-refractivity contribution in [3.63, 3.8) is 0 Å². The Morgan fingerprint density at radius 2 is 1.72 bits per heavy atom. The van der Waals surface area contributed by atoms with E-state index in [1.165, 1.54) is 0 Å². The molecule has 0 aliphatic rings. The van der Waals surface area contributed by atoms with Gasteiger partial charge in [-0.15, -0.1) is 0 Å². The summed E-state index contributed by atoms with van der Waals surface area (Å²) in [5, 5.41) is 3.43. The fourth-order valence-corrected chi connectivity index (χ4v) is 2.31. The standard InChI is InChI=1S/C21H29NO3/c1-4-17(3)25-20-12-10-19(11-13-20)22-16-18-8-6-7-9-21(18)24-15-14-23-5-2/h6-13,17,22H,4-5,14-16H2,1-3H3/t17-/m0/s1. The Bertz CT molecular complexity index is 613. The van der Waals surface area contributed by atoms with Gasteiger partial charge < -0.3 is 19.5 Å². The van der Waals surface area contributed by atoms with Gasteiger partial charge in [0.1, 0.15) is 18.1 Å². The lowest BCUT2D eigenvalue weighted by atomic mass is 10.2. The molecule has 0 radical (unpaired) electrons.